The number of primary amides is 1. The Morgan fingerprint density at radius 3 is 2.69 bits per heavy atom. The maximum Gasteiger partial charge on any atom is 0.252 e. The molecule has 3 rings (SSSR count). The number of hydrogen-bond acceptors (Lipinski definition) is 5. The lowest BCUT2D eigenvalue weighted by Crippen LogP contribution is -2.36. The van der Waals surface area contributed by atoms with E-state index in [-0.39, 0.29) is 0 Å². The van der Waals surface area contributed by atoms with Gasteiger partial charge in [0.25, 0.3) is 5.91 Å². The molecule has 35 heavy (non-hydrogen) atoms. The highest BCUT2D eigenvalue weighted by Gasteiger charge is 2.15. The number of thiophene rings is 1. The van der Waals surface area contributed by atoms with E-state index in [1.165, 1.54) is 5.57 Å². The van der Waals surface area contributed by atoms with E-state index in [1.54, 1.807) is 11.3 Å². The van der Waals surface area contributed by atoms with E-state index in [1.807, 2.05) is 42.5 Å². The molecule has 6 heteroatoms. The Morgan fingerprint density at radius 2 is 1.94 bits per heavy atom. The number of nitrogens with two attached hydrogens (primary N) is 1. The Hall–Kier alpha value is -2.93. The number of rotatable bonds is 14. The van der Waals surface area contributed by atoms with E-state index >= 15 is 0 Å². The second-order valence-electron chi connectivity index (χ2n) is 8.39. The third-order valence-electron chi connectivity index (χ3n) is 5.75. The van der Waals surface area contributed by atoms with Gasteiger partial charge in [0.2, 0.25) is 0 Å². The molecule has 1 amide bonds. The van der Waals surface area contributed by atoms with Gasteiger partial charge < -0.3 is 15.2 Å². The fourth-order valence-electron chi connectivity index (χ4n) is 3.88. The second kappa shape index (κ2) is 14.5. The summed E-state index contributed by atoms with van der Waals surface area (Å²) >= 11 is 1.68. The lowest BCUT2D eigenvalue weighted by Gasteiger charge is -2.26. The summed E-state index contributed by atoms with van der Waals surface area (Å²) in [5.41, 5.74) is 7.28. The summed E-state index contributed by atoms with van der Waals surface area (Å²) in [4.78, 5) is 15.7. The van der Waals surface area contributed by atoms with E-state index in [0.717, 1.165) is 73.5 Å². The molecule has 0 saturated carbocycles. The van der Waals surface area contributed by atoms with Gasteiger partial charge >= 0.3 is 0 Å². The van der Waals surface area contributed by atoms with Crippen LogP contribution in [0.15, 0.2) is 73.9 Å². The first-order chi connectivity index (χ1) is 17.1. The first-order valence-electron chi connectivity index (χ1n) is 12.2. The summed E-state index contributed by atoms with van der Waals surface area (Å²) in [6, 6.07) is 5.90. The zero-order valence-corrected chi connectivity index (χ0v) is 21.2. The smallest absolute Gasteiger partial charge is 0.252 e. The van der Waals surface area contributed by atoms with Crippen molar-refractivity contribution < 1.29 is 14.3 Å². The zero-order chi connectivity index (χ0) is 24.9. The SMILES string of the molecule is C=CCC=CC=CC=C(CC=C)c1cc2cc(C(N)=O)c(OCCCCN3CCOCC3)cc2s1. The average molecular weight is 493 g/mol. The summed E-state index contributed by atoms with van der Waals surface area (Å²) in [6.45, 7) is 12.8. The van der Waals surface area contributed by atoms with Crippen LogP contribution >= 0.6 is 11.3 Å². The Morgan fingerprint density at radius 1 is 1.11 bits per heavy atom. The molecule has 0 atom stereocenters. The molecule has 0 bridgehead atoms. The first-order valence-corrected chi connectivity index (χ1v) is 13.0. The lowest BCUT2D eigenvalue weighted by molar-refractivity contribution is 0.0368. The molecule has 2 aromatic rings. The number of carbonyl (C=O) groups excluding carboxylic acids is 1. The van der Waals surface area contributed by atoms with Gasteiger partial charge in [-0.25, -0.2) is 0 Å². The van der Waals surface area contributed by atoms with Crippen LogP contribution in [0.2, 0.25) is 0 Å². The molecule has 1 saturated heterocycles. The molecule has 0 spiro atoms. The molecule has 1 fully saturated rings. The minimum atomic E-state index is -0.473. The van der Waals surface area contributed by atoms with E-state index in [9.17, 15) is 4.79 Å². The molecule has 0 radical (unpaired) electrons. The number of nitrogens with zero attached hydrogens (tertiary/aromatic N) is 1. The van der Waals surface area contributed by atoms with Crippen molar-refractivity contribution >= 4 is 32.9 Å². The molecule has 1 aromatic carbocycles. The van der Waals surface area contributed by atoms with Crippen LogP contribution in [0.1, 0.15) is 40.9 Å². The van der Waals surface area contributed by atoms with Crippen molar-refractivity contribution in [2.24, 2.45) is 5.73 Å². The monoisotopic (exact) mass is 492 g/mol. The molecule has 1 aliphatic heterocycles. The third-order valence-corrected chi connectivity index (χ3v) is 6.93. The van der Waals surface area contributed by atoms with Crippen LogP contribution in [0.4, 0.5) is 0 Å². The van der Waals surface area contributed by atoms with Gasteiger partial charge in [-0.2, -0.15) is 0 Å². The number of amides is 1. The number of carbonyl (C=O) groups is 1. The quantitative estimate of drug-likeness (QED) is 0.195. The topological polar surface area (TPSA) is 64.8 Å². The Balaban J connectivity index is 1.70. The normalized spacial score (nSPS) is 15.3. The lowest BCUT2D eigenvalue weighted by atomic mass is 10.1. The Bertz CT molecular complexity index is 1090. The van der Waals surface area contributed by atoms with Crippen LogP contribution in [0.3, 0.4) is 0 Å². The Labute approximate surface area is 212 Å². The predicted molar refractivity (Wildman–Crippen MR) is 148 cm³/mol. The molecule has 2 N–H and O–H groups in total. The van der Waals surface area contributed by atoms with Crippen molar-refractivity contribution in [3.8, 4) is 5.75 Å². The minimum Gasteiger partial charge on any atom is -0.493 e. The molecule has 0 aliphatic carbocycles. The van der Waals surface area contributed by atoms with Crippen LogP contribution in [0, 0.1) is 0 Å². The van der Waals surface area contributed by atoms with Gasteiger partial charge in [-0.3, -0.25) is 9.69 Å². The van der Waals surface area contributed by atoms with Crippen molar-refractivity contribution in [3.05, 3.63) is 84.3 Å². The second-order valence-corrected chi connectivity index (χ2v) is 9.48. The van der Waals surface area contributed by atoms with Crippen molar-refractivity contribution in [1.82, 2.24) is 4.90 Å². The summed E-state index contributed by atoms with van der Waals surface area (Å²) < 4.78 is 12.5. The zero-order valence-electron chi connectivity index (χ0n) is 20.4. The molecular formula is C29H36N2O3S. The van der Waals surface area contributed by atoms with Gasteiger partial charge in [0, 0.05) is 22.7 Å². The van der Waals surface area contributed by atoms with Crippen molar-refractivity contribution in [2.45, 2.75) is 25.7 Å². The number of unbranched alkanes of at least 4 members (excludes halogenated alkanes) is 1. The van der Waals surface area contributed by atoms with E-state index < -0.39 is 5.91 Å². The summed E-state index contributed by atoms with van der Waals surface area (Å²) in [7, 11) is 0. The average Bonchev–Trinajstić information content (AvgIpc) is 3.28. The summed E-state index contributed by atoms with van der Waals surface area (Å²) in [5.74, 6) is 0.0883. The van der Waals surface area contributed by atoms with Crippen molar-refractivity contribution in [3.63, 3.8) is 0 Å². The van der Waals surface area contributed by atoms with Gasteiger partial charge in [0.1, 0.15) is 5.75 Å². The third kappa shape index (κ3) is 8.35. The van der Waals surface area contributed by atoms with Crippen LogP contribution in [-0.4, -0.2) is 50.3 Å². The van der Waals surface area contributed by atoms with Crippen molar-refractivity contribution in [2.75, 3.05) is 39.5 Å². The van der Waals surface area contributed by atoms with Gasteiger partial charge in [-0.15, -0.1) is 24.5 Å². The number of fused-ring (bicyclic) bond motifs is 1. The van der Waals surface area contributed by atoms with Crippen LogP contribution in [0.25, 0.3) is 15.7 Å². The highest BCUT2D eigenvalue weighted by atomic mass is 32.1. The summed E-state index contributed by atoms with van der Waals surface area (Å²) in [5, 5.41) is 0.989. The number of hydrogen-bond donors (Lipinski definition) is 1. The highest BCUT2D eigenvalue weighted by molar-refractivity contribution is 7.20. The maximum absolute atomic E-state index is 12.1. The Kier molecular flexibility index (Phi) is 11.0. The van der Waals surface area contributed by atoms with E-state index in [4.69, 9.17) is 15.2 Å². The van der Waals surface area contributed by atoms with Crippen LogP contribution < -0.4 is 10.5 Å². The highest BCUT2D eigenvalue weighted by Crippen LogP contribution is 2.36. The van der Waals surface area contributed by atoms with E-state index in [2.05, 4.69) is 36.3 Å². The van der Waals surface area contributed by atoms with Crippen LogP contribution in [-0.2, 0) is 4.74 Å². The predicted octanol–water partition coefficient (Wildman–Crippen LogP) is 6.14. The summed E-state index contributed by atoms with van der Waals surface area (Å²) in [6.07, 6.45) is 17.5. The first kappa shape index (κ1) is 26.7. The number of morpholine rings is 1. The standard InChI is InChI=1S/C29H36N2O3S/c1-3-5-6-7-8-9-13-23(12-4-2)27-21-24-20-25(29(30)32)26(22-28(24)35-27)34-17-11-10-14-31-15-18-33-19-16-31/h3-4,6-9,13,20-22H,1-2,5,10-12,14-19H2,(H2,30,32). The minimum absolute atomic E-state index is 0.427. The molecule has 1 aliphatic rings. The molecule has 2 heterocycles. The fraction of sp³-hybridized carbons (Fsp3) is 0.345. The number of benzene rings is 1. The van der Waals surface area contributed by atoms with E-state index in [0.29, 0.717) is 17.9 Å². The van der Waals surface area contributed by atoms with Gasteiger partial charge in [0.15, 0.2) is 0 Å². The fourth-order valence-corrected chi connectivity index (χ4v) is 4.99. The number of allylic oxidation sites excluding steroid dienone is 8. The van der Waals surface area contributed by atoms with Gasteiger partial charge in [-0.05, 0) is 61.4 Å². The molecular weight excluding hydrogens is 456 g/mol. The molecule has 1 aromatic heterocycles. The maximum atomic E-state index is 12.1. The molecule has 186 valence electrons. The molecule has 0 unspecified atom stereocenters. The van der Waals surface area contributed by atoms with Gasteiger partial charge in [-0.1, -0.05) is 42.5 Å². The largest absolute Gasteiger partial charge is 0.493 e. The number of ether oxygens (including phenoxy) is 2. The van der Waals surface area contributed by atoms with Gasteiger partial charge in [0.05, 0.1) is 25.4 Å². The molecule has 5 nitrogen and oxygen atoms in total. The van der Waals surface area contributed by atoms with Crippen molar-refractivity contribution in [1.29, 1.82) is 0 Å². The van der Waals surface area contributed by atoms with Crippen LogP contribution in [0.5, 0.6) is 5.75 Å².